The molecular weight excluding hydrogens is 264 g/mol. The van der Waals surface area contributed by atoms with Gasteiger partial charge in [0.05, 0.1) is 4.90 Å². The number of sulfonamides is 1. The van der Waals surface area contributed by atoms with Gasteiger partial charge in [0.15, 0.2) is 0 Å². The van der Waals surface area contributed by atoms with E-state index in [2.05, 4.69) is 4.72 Å². The van der Waals surface area contributed by atoms with E-state index in [9.17, 15) is 8.42 Å². The van der Waals surface area contributed by atoms with E-state index in [0.29, 0.717) is 37.4 Å². The molecule has 3 N–H and O–H groups in total. The van der Waals surface area contributed by atoms with Gasteiger partial charge in [-0.25, -0.2) is 13.1 Å². The van der Waals surface area contributed by atoms with Crippen molar-refractivity contribution in [2.24, 2.45) is 5.73 Å². The van der Waals surface area contributed by atoms with Crippen LogP contribution in [0.15, 0.2) is 23.1 Å². The topological polar surface area (TPSA) is 81.4 Å². The summed E-state index contributed by atoms with van der Waals surface area (Å²) in [7, 11) is -1.89. The summed E-state index contributed by atoms with van der Waals surface area (Å²) in [5.74, 6) is 0. The van der Waals surface area contributed by atoms with Crippen LogP contribution in [-0.4, -0.2) is 28.7 Å². The van der Waals surface area contributed by atoms with Gasteiger partial charge in [0.1, 0.15) is 0 Å². The van der Waals surface area contributed by atoms with E-state index in [1.807, 2.05) is 19.1 Å². The number of hydrogen-bond donors (Lipinski definition) is 2. The molecule has 0 amide bonds. The van der Waals surface area contributed by atoms with Gasteiger partial charge in [-0.05, 0) is 30.0 Å². The number of ether oxygens (including phenoxy) is 1. The zero-order valence-corrected chi connectivity index (χ0v) is 12.3. The maximum Gasteiger partial charge on any atom is 0.240 e. The fourth-order valence-electron chi connectivity index (χ4n) is 1.77. The second-order valence-corrected chi connectivity index (χ2v) is 5.98. The summed E-state index contributed by atoms with van der Waals surface area (Å²) < 4.78 is 32.0. The van der Waals surface area contributed by atoms with Gasteiger partial charge in [-0.1, -0.05) is 19.1 Å². The molecule has 0 heterocycles. The summed E-state index contributed by atoms with van der Waals surface area (Å²) in [5.41, 5.74) is 7.18. The Bertz CT molecular complexity index is 501. The molecule has 5 nitrogen and oxygen atoms in total. The predicted octanol–water partition coefficient (Wildman–Crippen LogP) is 1.02. The summed E-state index contributed by atoms with van der Waals surface area (Å²) in [5, 5.41) is 0. The first-order chi connectivity index (χ1) is 9.05. The van der Waals surface area contributed by atoms with Crippen LogP contribution in [0.5, 0.6) is 0 Å². The largest absolute Gasteiger partial charge is 0.385 e. The first-order valence-electron chi connectivity index (χ1n) is 6.35. The molecule has 0 fully saturated rings. The smallest absolute Gasteiger partial charge is 0.240 e. The fourth-order valence-corrected chi connectivity index (χ4v) is 3.20. The highest BCUT2D eigenvalue weighted by molar-refractivity contribution is 7.89. The van der Waals surface area contributed by atoms with Gasteiger partial charge in [0.2, 0.25) is 10.0 Å². The van der Waals surface area contributed by atoms with Crippen LogP contribution in [0.2, 0.25) is 0 Å². The molecule has 0 aromatic heterocycles. The molecule has 0 saturated carbocycles. The van der Waals surface area contributed by atoms with Crippen LogP contribution in [0.4, 0.5) is 0 Å². The SMILES string of the molecule is CCc1ccc(CN)cc1S(=O)(=O)NCCCOC. The number of rotatable bonds is 8. The van der Waals surface area contributed by atoms with Gasteiger partial charge in [-0.15, -0.1) is 0 Å². The van der Waals surface area contributed by atoms with Crippen LogP contribution in [0.3, 0.4) is 0 Å². The van der Waals surface area contributed by atoms with Crippen LogP contribution < -0.4 is 10.5 Å². The summed E-state index contributed by atoms with van der Waals surface area (Å²) >= 11 is 0. The fraction of sp³-hybridized carbons (Fsp3) is 0.538. The van der Waals surface area contributed by atoms with E-state index in [1.165, 1.54) is 0 Å². The second-order valence-electron chi connectivity index (χ2n) is 4.24. The van der Waals surface area contributed by atoms with Gasteiger partial charge in [-0.2, -0.15) is 0 Å². The van der Waals surface area contributed by atoms with E-state index < -0.39 is 10.0 Å². The molecule has 0 bridgehead atoms. The van der Waals surface area contributed by atoms with Crippen molar-refractivity contribution in [1.29, 1.82) is 0 Å². The third-order valence-corrected chi connectivity index (χ3v) is 4.40. The van der Waals surface area contributed by atoms with Gasteiger partial charge in [0, 0.05) is 26.8 Å². The Balaban J connectivity index is 2.92. The van der Waals surface area contributed by atoms with E-state index in [0.717, 1.165) is 11.1 Å². The molecule has 0 aliphatic heterocycles. The number of methoxy groups -OCH3 is 1. The Morgan fingerprint density at radius 2 is 2.11 bits per heavy atom. The van der Waals surface area contributed by atoms with Gasteiger partial charge < -0.3 is 10.5 Å². The number of hydrogen-bond acceptors (Lipinski definition) is 4. The van der Waals surface area contributed by atoms with Crippen molar-refractivity contribution >= 4 is 10.0 Å². The van der Waals surface area contributed by atoms with Crippen molar-refractivity contribution < 1.29 is 13.2 Å². The van der Waals surface area contributed by atoms with E-state index in [-0.39, 0.29) is 0 Å². The average molecular weight is 286 g/mol. The molecule has 1 rings (SSSR count). The Morgan fingerprint density at radius 3 is 2.68 bits per heavy atom. The third-order valence-electron chi connectivity index (χ3n) is 2.86. The molecule has 0 radical (unpaired) electrons. The summed E-state index contributed by atoms with van der Waals surface area (Å²) in [4.78, 5) is 0.329. The summed E-state index contributed by atoms with van der Waals surface area (Å²) in [6, 6.07) is 5.34. The molecule has 0 aliphatic rings. The first kappa shape index (κ1) is 16.1. The van der Waals surface area contributed by atoms with E-state index >= 15 is 0 Å². The monoisotopic (exact) mass is 286 g/mol. The Morgan fingerprint density at radius 1 is 1.37 bits per heavy atom. The Kier molecular flexibility index (Phi) is 6.44. The minimum atomic E-state index is -3.48. The van der Waals surface area contributed by atoms with Crippen LogP contribution in [0, 0.1) is 0 Å². The molecule has 0 aliphatic carbocycles. The highest BCUT2D eigenvalue weighted by atomic mass is 32.2. The second kappa shape index (κ2) is 7.59. The molecule has 19 heavy (non-hydrogen) atoms. The van der Waals surface area contributed by atoms with Gasteiger partial charge >= 0.3 is 0 Å². The number of aryl methyl sites for hydroxylation is 1. The molecule has 0 atom stereocenters. The number of nitrogens with one attached hydrogen (secondary N) is 1. The molecule has 0 spiro atoms. The lowest BCUT2D eigenvalue weighted by Crippen LogP contribution is -2.26. The molecular formula is C13H22N2O3S. The third kappa shape index (κ3) is 4.58. The zero-order valence-electron chi connectivity index (χ0n) is 11.5. The lowest BCUT2D eigenvalue weighted by Gasteiger charge is -2.12. The summed E-state index contributed by atoms with van der Waals surface area (Å²) in [6.07, 6.45) is 1.31. The molecule has 108 valence electrons. The van der Waals surface area contributed by atoms with Crippen molar-refractivity contribution in [1.82, 2.24) is 4.72 Å². The quantitative estimate of drug-likeness (QED) is 0.699. The molecule has 0 saturated heterocycles. The van der Waals surface area contributed by atoms with Crippen molar-refractivity contribution in [2.45, 2.75) is 31.2 Å². The van der Waals surface area contributed by atoms with E-state index in [1.54, 1.807) is 13.2 Å². The van der Waals surface area contributed by atoms with Gasteiger partial charge in [-0.3, -0.25) is 0 Å². The average Bonchev–Trinajstić information content (AvgIpc) is 2.43. The van der Waals surface area contributed by atoms with Crippen molar-refractivity contribution in [2.75, 3.05) is 20.3 Å². The predicted molar refractivity (Wildman–Crippen MR) is 75.4 cm³/mol. The molecule has 1 aromatic rings. The summed E-state index contributed by atoms with van der Waals surface area (Å²) in [6.45, 7) is 3.16. The van der Waals surface area contributed by atoms with Crippen molar-refractivity contribution in [3.63, 3.8) is 0 Å². The zero-order chi connectivity index (χ0) is 14.3. The molecule has 6 heteroatoms. The molecule has 1 aromatic carbocycles. The lowest BCUT2D eigenvalue weighted by molar-refractivity contribution is 0.196. The first-order valence-corrected chi connectivity index (χ1v) is 7.84. The van der Waals surface area contributed by atoms with E-state index in [4.69, 9.17) is 10.5 Å². The maximum absolute atomic E-state index is 12.3. The molecule has 0 unspecified atom stereocenters. The Hall–Kier alpha value is -0.950. The minimum absolute atomic E-state index is 0.329. The number of nitrogens with two attached hydrogens (primary N) is 1. The van der Waals surface area contributed by atoms with Crippen LogP contribution in [-0.2, 0) is 27.7 Å². The highest BCUT2D eigenvalue weighted by Crippen LogP contribution is 2.18. The van der Waals surface area contributed by atoms with Crippen LogP contribution in [0.25, 0.3) is 0 Å². The minimum Gasteiger partial charge on any atom is -0.385 e. The van der Waals surface area contributed by atoms with Crippen LogP contribution >= 0.6 is 0 Å². The van der Waals surface area contributed by atoms with Crippen molar-refractivity contribution in [3.05, 3.63) is 29.3 Å². The Labute approximate surface area is 115 Å². The lowest BCUT2D eigenvalue weighted by atomic mass is 10.1. The van der Waals surface area contributed by atoms with Crippen LogP contribution in [0.1, 0.15) is 24.5 Å². The van der Waals surface area contributed by atoms with Crippen molar-refractivity contribution in [3.8, 4) is 0 Å². The standard InChI is InChI=1S/C13H22N2O3S/c1-3-12-6-5-11(10-14)9-13(12)19(16,17)15-7-4-8-18-2/h5-6,9,15H,3-4,7-8,10,14H2,1-2H3. The highest BCUT2D eigenvalue weighted by Gasteiger charge is 2.17. The maximum atomic E-state index is 12.3. The normalized spacial score (nSPS) is 11.7. The van der Waals surface area contributed by atoms with Gasteiger partial charge in [0.25, 0.3) is 0 Å². The number of benzene rings is 1.